The van der Waals surface area contributed by atoms with Crippen LogP contribution in [0.25, 0.3) is 0 Å². The fourth-order valence-electron chi connectivity index (χ4n) is 3.26. The molecule has 26 heavy (non-hydrogen) atoms. The fourth-order valence-corrected chi connectivity index (χ4v) is 3.26. The average Bonchev–Trinajstić information content (AvgIpc) is 3.04. The summed E-state index contributed by atoms with van der Waals surface area (Å²) in [7, 11) is 1.79. The van der Waals surface area contributed by atoms with Gasteiger partial charge in [0.2, 0.25) is 11.8 Å². The van der Waals surface area contributed by atoms with E-state index in [4.69, 9.17) is 4.74 Å². The minimum Gasteiger partial charge on any atom is -0.494 e. The molecule has 0 N–H and O–H groups in total. The second kappa shape index (κ2) is 8.04. The summed E-state index contributed by atoms with van der Waals surface area (Å²) in [5.74, 6) is 0.470. The molecule has 0 aromatic heterocycles. The van der Waals surface area contributed by atoms with Gasteiger partial charge >= 0.3 is 0 Å². The summed E-state index contributed by atoms with van der Waals surface area (Å²) < 4.78 is 5.43. The highest BCUT2D eigenvalue weighted by Crippen LogP contribution is 2.28. The fraction of sp³-hybridized carbons (Fsp3) is 0.333. The summed E-state index contributed by atoms with van der Waals surface area (Å²) in [6.45, 7) is 3.50. The maximum Gasteiger partial charge on any atom is 0.228 e. The third-order valence-electron chi connectivity index (χ3n) is 4.57. The summed E-state index contributed by atoms with van der Waals surface area (Å²) in [4.78, 5) is 28.5. The van der Waals surface area contributed by atoms with E-state index >= 15 is 0 Å². The zero-order valence-electron chi connectivity index (χ0n) is 15.2. The van der Waals surface area contributed by atoms with Crippen LogP contribution in [0.3, 0.4) is 0 Å². The number of ether oxygens (including phenoxy) is 1. The minimum atomic E-state index is -0.303. The number of benzene rings is 2. The lowest BCUT2D eigenvalue weighted by Gasteiger charge is -2.21. The van der Waals surface area contributed by atoms with Crippen LogP contribution in [0.5, 0.6) is 5.75 Å². The maximum atomic E-state index is 12.7. The first-order valence-electron chi connectivity index (χ1n) is 8.90. The van der Waals surface area contributed by atoms with Crippen molar-refractivity contribution in [1.29, 1.82) is 0 Å². The van der Waals surface area contributed by atoms with Crippen LogP contribution in [0, 0.1) is 5.92 Å². The van der Waals surface area contributed by atoms with E-state index in [0.29, 0.717) is 19.7 Å². The van der Waals surface area contributed by atoms with E-state index in [2.05, 4.69) is 0 Å². The van der Waals surface area contributed by atoms with Crippen molar-refractivity contribution >= 4 is 17.5 Å². The lowest BCUT2D eigenvalue weighted by atomic mass is 10.1. The zero-order chi connectivity index (χ0) is 18.5. The van der Waals surface area contributed by atoms with Crippen molar-refractivity contribution in [3.63, 3.8) is 0 Å². The van der Waals surface area contributed by atoms with E-state index in [1.807, 2.05) is 61.5 Å². The predicted octanol–water partition coefficient (Wildman–Crippen LogP) is 3.10. The number of rotatable bonds is 6. The molecule has 1 heterocycles. The number of hydrogen-bond acceptors (Lipinski definition) is 3. The van der Waals surface area contributed by atoms with Crippen molar-refractivity contribution in [2.45, 2.75) is 19.9 Å². The topological polar surface area (TPSA) is 49.9 Å². The molecule has 3 rings (SSSR count). The Balaban J connectivity index is 1.64. The van der Waals surface area contributed by atoms with Crippen LogP contribution >= 0.6 is 0 Å². The van der Waals surface area contributed by atoms with Crippen molar-refractivity contribution in [3.05, 3.63) is 60.2 Å². The zero-order valence-corrected chi connectivity index (χ0v) is 15.2. The predicted molar refractivity (Wildman–Crippen MR) is 101 cm³/mol. The molecule has 1 aliphatic rings. The van der Waals surface area contributed by atoms with Gasteiger partial charge in [0, 0.05) is 32.2 Å². The van der Waals surface area contributed by atoms with E-state index < -0.39 is 0 Å². The first-order valence-corrected chi connectivity index (χ1v) is 8.90. The van der Waals surface area contributed by atoms with Crippen molar-refractivity contribution in [1.82, 2.24) is 4.90 Å². The highest BCUT2D eigenvalue weighted by molar-refractivity contribution is 6.00. The van der Waals surface area contributed by atoms with Crippen LogP contribution in [0.2, 0.25) is 0 Å². The Kier molecular flexibility index (Phi) is 5.56. The summed E-state index contributed by atoms with van der Waals surface area (Å²) >= 11 is 0. The van der Waals surface area contributed by atoms with E-state index in [-0.39, 0.29) is 24.2 Å². The molecule has 136 valence electrons. The van der Waals surface area contributed by atoms with Crippen LogP contribution in [-0.2, 0) is 16.1 Å². The van der Waals surface area contributed by atoms with E-state index in [9.17, 15) is 9.59 Å². The second-order valence-corrected chi connectivity index (χ2v) is 6.51. The molecule has 1 unspecified atom stereocenters. The Labute approximate surface area is 154 Å². The molecule has 2 aromatic carbocycles. The van der Waals surface area contributed by atoms with Gasteiger partial charge in [-0.25, -0.2) is 0 Å². The molecule has 1 atom stereocenters. The molecule has 0 saturated carbocycles. The number of hydrogen-bond donors (Lipinski definition) is 0. The van der Waals surface area contributed by atoms with Gasteiger partial charge in [-0.15, -0.1) is 0 Å². The SMILES string of the molecule is CCOc1ccc(N2CC(C(=O)N(C)Cc3ccccc3)CC2=O)cc1. The smallest absolute Gasteiger partial charge is 0.228 e. The molecular formula is C21H24N2O3. The quantitative estimate of drug-likeness (QED) is 0.803. The molecule has 2 aromatic rings. The first-order chi connectivity index (χ1) is 12.6. The molecule has 0 spiro atoms. The van der Waals surface area contributed by atoms with Crippen molar-refractivity contribution in [2.75, 3.05) is 25.1 Å². The summed E-state index contributed by atoms with van der Waals surface area (Å²) in [5.41, 5.74) is 1.88. The summed E-state index contributed by atoms with van der Waals surface area (Å²) in [6.07, 6.45) is 0.255. The first kappa shape index (κ1) is 18.0. The van der Waals surface area contributed by atoms with Crippen molar-refractivity contribution in [3.8, 4) is 5.75 Å². The Morgan fingerprint density at radius 1 is 1.15 bits per heavy atom. The third-order valence-corrected chi connectivity index (χ3v) is 4.57. The molecule has 5 nitrogen and oxygen atoms in total. The third kappa shape index (κ3) is 4.04. The van der Waals surface area contributed by atoms with Crippen LogP contribution in [-0.4, -0.2) is 36.9 Å². The summed E-state index contributed by atoms with van der Waals surface area (Å²) in [5, 5.41) is 0. The van der Waals surface area contributed by atoms with Crippen molar-refractivity contribution in [2.24, 2.45) is 5.92 Å². The lowest BCUT2D eigenvalue weighted by molar-refractivity contribution is -0.135. The van der Waals surface area contributed by atoms with Crippen LogP contribution in [0.15, 0.2) is 54.6 Å². The van der Waals surface area contributed by atoms with Crippen LogP contribution in [0.1, 0.15) is 18.9 Å². The van der Waals surface area contributed by atoms with Gasteiger partial charge in [-0.3, -0.25) is 9.59 Å². The molecule has 0 radical (unpaired) electrons. The van der Waals surface area contributed by atoms with E-state index in [1.165, 1.54) is 0 Å². The molecule has 5 heteroatoms. The second-order valence-electron chi connectivity index (χ2n) is 6.51. The Morgan fingerprint density at radius 2 is 1.85 bits per heavy atom. The van der Waals surface area contributed by atoms with Gasteiger partial charge in [-0.1, -0.05) is 30.3 Å². The van der Waals surface area contributed by atoms with Gasteiger partial charge < -0.3 is 14.5 Å². The Bertz CT molecular complexity index is 759. The molecule has 1 saturated heterocycles. The van der Waals surface area contributed by atoms with E-state index in [1.54, 1.807) is 16.8 Å². The van der Waals surface area contributed by atoms with Crippen LogP contribution in [0.4, 0.5) is 5.69 Å². The van der Waals surface area contributed by atoms with Crippen LogP contribution < -0.4 is 9.64 Å². The lowest BCUT2D eigenvalue weighted by Crippen LogP contribution is -2.34. The monoisotopic (exact) mass is 352 g/mol. The Morgan fingerprint density at radius 3 is 2.50 bits per heavy atom. The number of carbonyl (C=O) groups is 2. The van der Waals surface area contributed by atoms with Gasteiger partial charge in [0.1, 0.15) is 5.75 Å². The number of anilines is 1. The maximum absolute atomic E-state index is 12.7. The normalized spacial score (nSPS) is 16.6. The largest absolute Gasteiger partial charge is 0.494 e. The molecule has 1 fully saturated rings. The molecule has 0 bridgehead atoms. The highest BCUT2D eigenvalue weighted by Gasteiger charge is 2.36. The minimum absolute atomic E-state index is 0.00985. The number of amides is 2. The molecule has 0 aliphatic carbocycles. The van der Waals surface area contributed by atoms with E-state index in [0.717, 1.165) is 17.0 Å². The van der Waals surface area contributed by atoms with Crippen molar-refractivity contribution < 1.29 is 14.3 Å². The average molecular weight is 352 g/mol. The number of carbonyl (C=O) groups excluding carboxylic acids is 2. The standard InChI is InChI=1S/C21H24N2O3/c1-3-26-19-11-9-18(10-12-19)23-15-17(13-20(23)24)21(25)22(2)14-16-7-5-4-6-8-16/h4-12,17H,3,13-15H2,1-2H3. The highest BCUT2D eigenvalue weighted by atomic mass is 16.5. The Hall–Kier alpha value is -2.82. The molecule has 1 aliphatic heterocycles. The van der Waals surface area contributed by atoms with Gasteiger partial charge in [0.05, 0.1) is 12.5 Å². The van der Waals surface area contributed by atoms with Gasteiger partial charge in [-0.2, -0.15) is 0 Å². The number of nitrogens with zero attached hydrogens (tertiary/aromatic N) is 2. The van der Waals surface area contributed by atoms with Gasteiger partial charge in [0.15, 0.2) is 0 Å². The molecule has 2 amide bonds. The summed E-state index contributed by atoms with van der Waals surface area (Å²) in [6, 6.07) is 17.3. The van der Waals surface area contributed by atoms with Gasteiger partial charge in [-0.05, 0) is 36.8 Å². The molecular weight excluding hydrogens is 328 g/mol. The van der Waals surface area contributed by atoms with Gasteiger partial charge in [0.25, 0.3) is 0 Å².